The summed E-state index contributed by atoms with van der Waals surface area (Å²) in [5.41, 5.74) is 0.215. The van der Waals surface area contributed by atoms with Crippen molar-refractivity contribution in [2.24, 2.45) is 5.41 Å². The molecule has 4 heteroatoms. The summed E-state index contributed by atoms with van der Waals surface area (Å²) in [4.78, 5) is 2.37. The smallest absolute Gasteiger partial charge is 0.151 e. The molecule has 0 N–H and O–H groups in total. The fourth-order valence-electron chi connectivity index (χ4n) is 2.81. The van der Waals surface area contributed by atoms with Crippen LogP contribution < -0.4 is 0 Å². The predicted molar refractivity (Wildman–Crippen MR) is 73.0 cm³/mol. The number of hydrogen-bond donors (Lipinski definition) is 0. The molecule has 1 rings (SSSR count). The Kier molecular flexibility index (Phi) is 4.30. The van der Waals surface area contributed by atoms with Crippen molar-refractivity contribution >= 4 is 9.84 Å². The highest BCUT2D eigenvalue weighted by molar-refractivity contribution is 7.91. The van der Waals surface area contributed by atoms with Crippen LogP contribution in [0.4, 0.5) is 0 Å². The molecule has 102 valence electrons. The molecule has 3 nitrogen and oxygen atoms in total. The van der Waals surface area contributed by atoms with E-state index in [-0.39, 0.29) is 10.7 Å². The Labute approximate surface area is 106 Å². The molecule has 0 aliphatic carbocycles. The molecule has 0 aromatic heterocycles. The van der Waals surface area contributed by atoms with Gasteiger partial charge in [0.1, 0.15) is 0 Å². The second kappa shape index (κ2) is 4.88. The van der Waals surface area contributed by atoms with Crippen LogP contribution in [0.15, 0.2) is 0 Å². The molecule has 1 fully saturated rings. The highest BCUT2D eigenvalue weighted by Gasteiger charge is 2.39. The zero-order valence-corrected chi connectivity index (χ0v) is 12.8. The van der Waals surface area contributed by atoms with E-state index in [1.807, 2.05) is 0 Å². The van der Waals surface area contributed by atoms with E-state index in [4.69, 9.17) is 0 Å². The van der Waals surface area contributed by atoms with Gasteiger partial charge in [-0.3, -0.25) is 4.90 Å². The first-order valence-electron chi connectivity index (χ1n) is 6.48. The zero-order chi connectivity index (χ0) is 13.4. The second-order valence-corrected chi connectivity index (χ2v) is 9.03. The van der Waals surface area contributed by atoms with E-state index in [1.165, 1.54) is 6.26 Å². The topological polar surface area (TPSA) is 37.4 Å². The van der Waals surface area contributed by atoms with Crippen LogP contribution in [0.5, 0.6) is 0 Å². The van der Waals surface area contributed by atoms with Crippen LogP contribution in [-0.4, -0.2) is 43.5 Å². The lowest BCUT2D eigenvalue weighted by molar-refractivity contribution is 0.0405. The van der Waals surface area contributed by atoms with Crippen LogP contribution in [0.3, 0.4) is 0 Å². The first kappa shape index (κ1) is 15.0. The van der Waals surface area contributed by atoms with Crippen molar-refractivity contribution in [3.8, 4) is 0 Å². The maximum absolute atomic E-state index is 11.7. The average molecular weight is 261 g/mol. The van der Waals surface area contributed by atoms with Gasteiger partial charge >= 0.3 is 0 Å². The van der Waals surface area contributed by atoms with Gasteiger partial charge in [0, 0.05) is 24.9 Å². The monoisotopic (exact) mass is 261 g/mol. The van der Waals surface area contributed by atoms with E-state index in [1.54, 1.807) is 0 Å². The van der Waals surface area contributed by atoms with Crippen molar-refractivity contribution in [2.45, 2.75) is 64.8 Å². The standard InChI is InChI=1S/C13H27NO2S/c1-10(2)14-9-11(17(6,15)16)7-8-12(14)13(3,4)5/h10-12H,7-9H2,1-6H3. The van der Waals surface area contributed by atoms with Gasteiger partial charge in [-0.15, -0.1) is 0 Å². The Bertz CT molecular complexity index is 354. The van der Waals surface area contributed by atoms with Crippen molar-refractivity contribution in [2.75, 3.05) is 12.8 Å². The maximum Gasteiger partial charge on any atom is 0.151 e. The predicted octanol–water partition coefficient (Wildman–Crippen LogP) is 2.32. The molecule has 0 saturated carbocycles. The van der Waals surface area contributed by atoms with Crippen molar-refractivity contribution < 1.29 is 8.42 Å². The van der Waals surface area contributed by atoms with Crippen LogP contribution >= 0.6 is 0 Å². The largest absolute Gasteiger partial charge is 0.296 e. The Hall–Kier alpha value is -0.0900. The van der Waals surface area contributed by atoms with E-state index in [2.05, 4.69) is 39.5 Å². The molecule has 2 unspecified atom stereocenters. The van der Waals surface area contributed by atoms with Crippen LogP contribution in [0.25, 0.3) is 0 Å². The van der Waals surface area contributed by atoms with Gasteiger partial charge in [-0.1, -0.05) is 20.8 Å². The van der Waals surface area contributed by atoms with E-state index in [0.29, 0.717) is 18.6 Å². The normalized spacial score (nSPS) is 28.6. The van der Waals surface area contributed by atoms with Gasteiger partial charge in [0.05, 0.1) is 5.25 Å². The molecule has 1 aliphatic heterocycles. The summed E-state index contributed by atoms with van der Waals surface area (Å²) in [7, 11) is -2.90. The van der Waals surface area contributed by atoms with E-state index in [0.717, 1.165) is 12.8 Å². The lowest BCUT2D eigenvalue weighted by Crippen LogP contribution is -2.55. The molecule has 0 amide bonds. The number of sulfone groups is 1. The summed E-state index contributed by atoms with van der Waals surface area (Å²) in [6.07, 6.45) is 3.16. The zero-order valence-electron chi connectivity index (χ0n) is 12.0. The van der Waals surface area contributed by atoms with Crippen molar-refractivity contribution in [3.63, 3.8) is 0 Å². The summed E-state index contributed by atoms with van der Waals surface area (Å²) in [5, 5.41) is -0.177. The summed E-state index contributed by atoms with van der Waals surface area (Å²) in [6, 6.07) is 0.893. The van der Waals surface area contributed by atoms with Gasteiger partial charge in [-0.05, 0) is 32.1 Å². The van der Waals surface area contributed by atoms with Crippen LogP contribution in [0.1, 0.15) is 47.5 Å². The Morgan fingerprint density at radius 3 is 2.06 bits per heavy atom. The summed E-state index contributed by atoms with van der Waals surface area (Å²) >= 11 is 0. The quantitative estimate of drug-likeness (QED) is 0.765. The van der Waals surface area contributed by atoms with Crippen molar-refractivity contribution in [1.29, 1.82) is 0 Å². The number of rotatable bonds is 2. The highest BCUT2D eigenvalue weighted by Crippen LogP contribution is 2.34. The van der Waals surface area contributed by atoms with E-state index in [9.17, 15) is 8.42 Å². The first-order valence-corrected chi connectivity index (χ1v) is 8.43. The lowest BCUT2D eigenvalue weighted by atomic mass is 9.80. The van der Waals surface area contributed by atoms with Gasteiger partial charge in [-0.2, -0.15) is 0 Å². The second-order valence-electron chi connectivity index (χ2n) is 6.70. The third-order valence-electron chi connectivity index (χ3n) is 3.85. The molecule has 0 aromatic carbocycles. The first-order chi connectivity index (χ1) is 7.53. The molecule has 1 saturated heterocycles. The third kappa shape index (κ3) is 3.68. The molecule has 1 aliphatic rings. The van der Waals surface area contributed by atoms with Crippen LogP contribution in [0, 0.1) is 5.41 Å². The van der Waals surface area contributed by atoms with Crippen molar-refractivity contribution in [1.82, 2.24) is 4.90 Å². The molecular weight excluding hydrogens is 234 g/mol. The Morgan fingerprint density at radius 1 is 1.18 bits per heavy atom. The number of nitrogens with zero attached hydrogens (tertiary/aromatic N) is 1. The van der Waals surface area contributed by atoms with Gasteiger partial charge in [0.2, 0.25) is 0 Å². The summed E-state index contributed by atoms with van der Waals surface area (Å²) < 4.78 is 23.4. The van der Waals surface area contributed by atoms with Gasteiger partial charge < -0.3 is 0 Å². The van der Waals surface area contributed by atoms with E-state index >= 15 is 0 Å². The molecule has 2 atom stereocenters. The van der Waals surface area contributed by atoms with Gasteiger partial charge in [0.25, 0.3) is 0 Å². The minimum atomic E-state index is -2.90. The van der Waals surface area contributed by atoms with E-state index < -0.39 is 9.84 Å². The molecular formula is C13H27NO2S. The molecule has 17 heavy (non-hydrogen) atoms. The average Bonchev–Trinajstić information content (AvgIpc) is 2.14. The fourth-order valence-corrected chi connectivity index (χ4v) is 3.82. The van der Waals surface area contributed by atoms with Crippen LogP contribution in [-0.2, 0) is 9.84 Å². The minimum Gasteiger partial charge on any atom is -0.296 e. The molecule has 0 bridgehead atoms. The molecule has 0 radical (unpaired) electrons. The summed E-state index contributed by atoms with van der Waals surface area (Å²) in [5.74, 6) is 0. The molecule has 1 heterocycles. The number of piperidine rings is 1. The third-order valence-corrected chi connectivity index (χ3v) is 5.44. The van der Waals surface area contributed by atoms with Gasteiger partial charge in [0.15, 0.2) is 9.84 Å². The number of likely N-dealkylation sites (tertiary alicyclic amines) is 1. The summed E-state index contributed by atoms with van der Waals surface area (Å²) in [6.45, 7) is 11.7. The SMILES string of the molecule is CC(C)N1CC(S(C)(=O)=O)CCC1C(C)(C)C. The van der Waals surface area contributed by atoms with Crippen LogP contribution in [0.2, 0.25) is 0 Å². The molecule has 0 spiro atoms. The minimum absolute atomic E-state index is 0.177. The van der Waals surface area contributed by atoms with Crippen molar-refractivity contribution in [3.05, 3.63) is 0 Å². The highest BCUT2D eigenvalue weighted by atomic mass is 32.2. The fraction of sp³-hybridized carbons (Fsp3) is 1.00. The van der Waals surface area contributed by atoms with Gasteiger partial charge in [-0.25, -0.2) is 8.42 Å². The lowest BCUT2D eigenvalue weighted by Gasteiger charge is -2.47. The Balaban J connectivity index is 2.90. The molecule has 0 aromatic rings. The maximum atomic E-state index is 11.7. The number of hydrogen-bond acceptors (Lipinski definition) is 3. The Morgan fingerprint density at radius 2 is 1.71 bits per heavy atom.